The molecule has 1 aliphatic rings. The lowest BCUT2D eigenvalue weighted by molar-refractivity contribution is 0.0177. The third kappa shape index (κ3) is 6.29. The number of guanidine groups is 1. The summed E-state index contributed by atoms with van der Waals surface area (Å²) in [5.41, 5.74) is 1.71. The summed E-state index contributed by atoms with van der Waals surface area (Å²) < 4.78 is 5.53. The Morgan fingerprint density at radius 3 is 2.60 bits per heavy atom. The molecule has 2 heterocycles. The van der Waals surface area contributed by atoms with Crippen LogP contribution in [0.5, 0.6) is 0 Å². The molecule has 162 valence electrons. The van der Waals surface area contributed by atoms with Gasteiger partial charge in [-0.05, 0) is 36.1 Å². The zero-order valence-corrected chi connectivity index (χ0v) is 18.5. The Kier molecular flexibility index (Phi) is 8.67. The van der Waals surface area contributed by atoms with Crippen molar-refractivity contribution in [3.05, 3.63) is 57.8 Å². The topological polar surface area (TPSA) is 78.0 Å². The van der Waals surface area contributed by atoms with Crippen LogP contribution in [-0.2, 0) is 11.3 Å². The lowest BCUT2D eigenvalue weighted by atomic mass is 10.1. The monoisotopic (exact) mass is 429 g/mol. The molecular formula is C22H31N5O2S. The molecule has 1 aliphatic heterocycles. The van der Waals surface area contributed by atoms with Gasteiger partial charge in [0.1, 0.15) is 0 Å². The maximum absolute atomic E-state index is 11.7. The molecule has 1 saturated heterocycles. The van der Waals surface area contributed by atoms with Crippen LogP contribution in [0.25, 0.3) is 0 Å². The second-order valence-corrected chi connectivity index (χ2v) is 8.01. The Hall–Kier alpha value is -2.42. The van der Waals surface area contributed by atoms with Crippen molar-refractivity contribution in [2.24, 2.45) is 4.99 Å². The molecule has 0 aliphatic carbocycles. The standard InChI is InChI=1S/C22H31N5O2S/c1-3-24-22(25-15-17-6-8-18(9-7-17)21(28)23-2)26-16-19(20-5-4-14-30-20)27-10-12-29-13-11-27/h4-9,14,19H,3,10-13,15-16H2,1-2H3,(H,23,28)(H2,24,25,26). The minimum atomic E-state index is -0.0808. The molecule has 1 amide bonds. The summed E-state index contributed by atoms with van der Waals surface area (Å²) in [4.78, 5) is 20.2. The smallest absolute Gasteiger partial charge is 0.251 e. The van der Waals surface area contributed by atoms with Crippen molar-refractivity contribution >= 4 is 23.2 Å². The number of nitrogens with zero attached hydrogens (tertiary/aromatic N) is 2. The molecule has 1 aromatic heterocycles. The number of benzene rings is 1. The molecule has 7 nitrogen and oxygen atoms in total. The molecule has 0 spiro atoms. The highest BCUT2D eigenvalue weighted by atomic mass is 32.1. The number of carbonyl (C=O) groups is 1. The SMILES string of the molecule is CCNC(=NCc1ccc(C(=O)NC)cc1)NCC(c1cccs1)N1CCOCC1. The molecule has 8 heteroatoms. The summed E-state index contributed by atoms with van der Waals surface area (Å²) in [6.45, 7) is 7.62. The number of morpholine rings is 1. The fraction of sp³-hybridized carbons (Fsp3) is 0.455. The van der Waals surface area contributed by atoms with Gasteiger partial charge in [-0.25, -0.2) is 4.99 Å². The van der Waals surface area contributed by atoms with Crippen molar-refractivity contribution < 1.29 is 9.53 Å². The van der Waals surface area contributed by atoms with Gasteiger partial charge in [0, 0.05) is 43.7 Å². The molecule has 0 bridgehead atoms. The Balaban J connectivity index is 1.63. The van der Waals surface area contributed by atoms with E-state index in [9.17, 15) is 4.79 Å². The highest BCUT2D eigenvalue weighted by Gasteiger charge is 2.23. The van der Waals surface area contributed by atoms with E-state index in [4.69, 9.17) is 9.73 Å². The summed E-state index contributed by atoms with van der Waals surface area (Å²) in [6, 6.07) is 12.1. The van der Waals surface area contributed by atoms with Crippen LogP contribution in [0.15, 0.2) is 46.8 Å². The predicted molar refractivity (Wildman–Crippen MR) is 122 cm³/mol. The van der Waals surface area contributed by atoms with Gasteiger partial charge in [-0.3, -0.25) is 9.69 Å². The van der Waals surface area contributed by atoms with Crippen molar-refractivity contribution in [3.63, 3.8) is 0 Å². The molecule has 3 N–H and O–H groups in total. The molecule has 30 heavy (non-hydrogen) atoms. The zero-order valence-electron chi connectivity index (χ0n) is 17.7. The summed E-state index contributed by atoms with van der Waals surface area (Å²) in [5, 5.41) is 11.6. The van der Waals surface area contributed by atoms with Crippen molar-refractivity contribution in [3.8, 4) is 0 Å². The van der Waals surface area contributed by atoms with Gasteiger partial charge in [0.2, 0.25) is 0 Å². The maximum Gasteiger partial charge on any atom is 0.251 e. The maximum atomic E-state index is 11.7. The van der Waals surface area contributed by atoms with Crippen molar-refractivity contribution in [1.82, 2.24) is 20.9 Å². The molecule has 1 aromatic carbocycles. The van der Waals surface area contributed by atoms with Gasteiger partial charge in [0.25, 0.3) is 5.91 Å². The lowest BCUT2D eigenvalue weighted by Crippen LogP contribution is -2.46. The summed E-state index contributed by atoms with van der Waals surface area (Å²) in [6.07, 6.45) is 0. The number of amides is 1. The van der Waals surface area contributed by atoms with Gasteiger partial charge in [0.05, 0.1) is 25.8 Å². The fourth-order valence-corrected chi connectivity index (χ4v) is 4.25. The molecule has 3 rings (SSSR count). The number of ether oxygens (including phenoxy) is 1. The molecule has 2 aromatic rings. The summed E-state index contributed by atoms with van der Waals surface area (Å²) in [7, 11) is 1.63. The Morgan fingerprint density at radius 2 is 1.97 bits per heavy atom. The van der Waals surface area contributed by atoms with E-state index < -0.39 is 0 Å². The van der Waals surface area contributed by atoms with Crippen LogP contribution in [0.4, 0.5) is 0 Å². The quantitative estimate of drug-likeness (QED) is 0.443. The van der Waals surface area contributed by atoms with Gasteiger partial charge in [-0.2, -0.15) is 0 Å². The first kappa shape index (κ1) is 22.3. The summed E-state index contributed by atoms with van der Waals surface area (Å²) >= 11 is 1.79. The Labute approximate surface area is 182 Å². The van der Waals surface area contributed by atoms with Gasteiger partial charge in [-0.15, -0.1) is 11.3 Å². The molecular weight excluding hydrogens is 398 g/mol. The summed E-state index contributed by atoms with van der Waals surface area (Å²) in [5.74, 6) is 0.713. The molecule has 1 fully saturated rings. The van der Waals surface area contributed by atoms with Crippen LogP contribution in [0, 0.1) is 0 Å². The highest BCUT2D eigenvalue weighted by molar-refractivity contribution is 7.10. The fourth-order valence-electron chi connectivity index (χ4n) is 3.39. The number of rotatable bonds is 8. The first-order valence-electron chi connectivity index (χ1n) is 10.4. The van der Waals surface area contributed by atoms with E-state index >= 15 is 0 Å². The third-order valence-electron chi connectivity index (χ3n) is 5.03. The lowest BCUT2D eigenvalue weighted by Gasteiger charge is -2.34. The number of hydrogen-bond donors (Lipinski definition) is 3. The second-order valence-electron chi connectivity index (χ2n) is 7.03. The predicted octanol–water partition coefficient (Wildman–Crippen LogP) is 2.24. The Morgan fingerprint density at radius 1 is 1.20 bits per heavy atom. The van der Waals surface area contributed by atoms with Crippen molar-refractivity contribution in [1.29, 1.82) is 0 Å². The number of thiophene rings is 1. The largest absolute Gasteiger partial charge is 0.379 e. The van der Waals surface area contributed by atoms with E-state index in [1.807, 2.05) is 24.3 Å². The number of hydrogen-bond acceptors (Lipinski definition) is 5. The number of aliphatic imine (C=N–C) groups is 1. The van der Waals surface area contributed by atoms with E-state index in [2.05, 4.69) is 45.3 Å². The minimum Gasteiger partial charge on any atom is -0.379 e. The third-order valence-corrected chi connectivity index (χ3v) is 6.00. The number of carbonyl (C=O) groups excluding carboxylic acids is 1. The van der Waals surface area contributed by atoms with Gasteiger partial charge >= 0.3 is 0 Å². The van der Waals surface area contributed by atoms with Crippen LogP contribution in [-0.4, -0.2) is 63.2 Å². The van der Waals surface area contributed by atoms with E-state index in [0.717, 1.165) is 50.9 Å². The van der Waals surface area contributed by atoms with Gasteiger partial charge in [0.15, 0.2) is 5.96 Å². The molecule has 1 unspecified atom stereocenters. The average molecular weight is 430 g/mol. The van der Waals surface area contributed by atoms with Crippen LogP contribution >= 0.6 is 11.3 Å². The van der Waals surface area contributed by atoms with Crippen LogP contribution in [0.2, 0.25) is 0 Å². The van der Waals surface area contributed by atoms with Gasteiger partial charge < -0.3 is 20.7 Å². The van der Waals surface area contributed by atoms with E-state index in [1.54, 1.807) is 18.4 Å². The van der Waals surface area contributed by atoms with Gasteiger partial charge in [-0.1, -0.05) is 18.2 Å². The average Bonchev–Trinajstić information content (AvgIpc) is 3.32. The number of nitrogens with one attached hydrogen (secondary N) is 3. The van der Waals surface area contributed by atoms with Crippen LogP contribution in [0.1, 0.15) is 33.8 Å². The minimum absolute atomic E-state index is 0.0808. The zero-order chi connectivity index (χ0) is 21.2. The van der Waals surface area contributed by atoms with Crippen molar-refractivity contribution in [2.75, 3.05) is 46.4 Å². The highest BCUT2D eigenvalue weighted by Crippen LogP contribution is 2.25. The molecule has 0 radical (unpaired) electrons. The molecule has 1 atom stereocenters. The second kappa shape index (κ2) is 11.7. The van der Waals surface area contributed by atoms with Crippen LogP contribution in [0.3, 0.4) is 0 Å². The van der Waals surface area contributed by atoms with E-state index in [0.29, 0.717) is 18.2 Å². The van der Waals surface area contributed by atoms with E-state index in [-0.39, 0.29) is 5.91 Å². The first-order valence-corrected chi connectivity index (χ1v) is 11.3. The normalized spacial score (nSPS) is 16.1. The first-order chi connectivity index (χ1) is 14.7. The van der Waals surface area contributed by atoms with Crippen molar-refractivity contribution in [2.45, 2.75) is 19.5 Å². The molecule has 0 saturated carbocycles. The van der Waals surface area contributed by atoms with E-state index in [1.165, 1.54) is 4.88 Å². The van der Waals surface area contributed by atoms with Crippen LogP contribution < -0.4 is 16.0 Å². The Bertz CT molecular complexity index is 801.